The van der Waals surface area contributed by atoms with Crippen molar-refractivity contribution < 1.29 is 9.13 Å². The van der Waals surface area contributed by atoms with E-state index in [-0.39, 0.29) is 11.9 Å². The van der Waals surface area contributed by atoms with E-state index in [4.69, 9.17) is 4.74 Å². The molecule has 0 bridgehead atoms. The summed E-state index contributed by atoms with van der Waals surface area (Å²) in [7, 11) is 3.72. The van der Waals surface area contributed by atoms with Crippen LogP contribution in [0.4, 0.5) is 4.39 Å². The summed E-state index contributed by atoms with van der Waals surface area (Å²) in [6.07, 6.45) is 3.97. The summed E-state index contributed by atoms with van der Waals surface area (Å²) in [4.78, 5) is 6.67. The smallest absolute Gasteiger partial charge is 0.141 e. The third-order valence-electron chi connectivity index (χ3n) is 4.29. The fraction of sp³-hybridized carbons (Fsp3) is 0.688. The van der Waals surface area contributed by atoms with Crippen LogP contribution in [-0.2, 0) is 4.74 Å². The Bertz CT molecular complexity index is 426. The number of piperidine rings is 1. The van der Waals surface area contributed by atoms with Crippen molar-refractivity contribution in [3.63, 3.8) is 0 Å². The van der Waals surface area contributed by atoms with Crippen LogP contribution >= 0.6 is 0 Å². The van der Waals surface area contributed by atoms with Crippen molar-refractivity contribution in [3.05, 3.63) is 29.8 Å². The summed E-state index contributed by atoms with van der Waals surface area (Å²) < 4.78 is 18.5. The zero-order valence-corrected chi connectivity index (χ0v) is 13.2. The number of pyridine rings is 1. The molecule has 3 unspecified atom stereocenters. The molecule has 1 N–H and O–H groups in total. The standard InChI is InChI=1S/C16H26FN3O/c1-12(10-20-8-4-5-14(11-20)21-3)16(18-2)15-7-6-13(17)9-19-15/h6-7,9,12,14,16,18H,4-5,8,10-11H2,1-3H3. The first-order valence-corrected chi connectivity index (χ1v) is 7.68. The molecule has 1 aliphatic rings. The van der Waals surface area contributed by atoms with Gasteiger partial charge in [-0.1, -0.05) is 6.92 Å². The fourth-order valence-corrected chi connectivity index (χ4v) is 3.18. The molecule has 118 valence electrons. The van der Waals surface area contributed by atoms with Gasteiger partial charge < -0.3 is 15.0 Å². The lowest BCUT2D eigenvalue weighted by molar-refractivity contribution is 0.0247. The minimum Gasteiger partial charge on any atom is -0.380 e. The minimum absolute atomic E-state index is 0.133. The summed E-state index contributed by atoms with van der Waals surface area (Å²) in [6, 6.07) is 3.37. The van der Waals surface area contributed by atoms with Gasteiger partial charge >= 0.3 is 0 Å². The summed E-state index contributed by atoms with van der Waals surface area (Å²) in [5, 5.41) is 3.31. The van der Waals surface area contributed by atoms with Crippen LogP contribution in [0.1, 0.15) is 31.5 Å². The molecule has 0 spiro atoms. The molecular formula is C16H26FN3O. The van der Waals surface area contributed by atoms with E-state index >= 15 is 0 Å². The van der Waals surface area contributed by atoms with Crippen LogP contribution in [0.3, 0.4) is 0 Å². The first-order valence-electron chi connectivity index (χ1n) is 7.68. The van der Waals surface area contributed by atoms with E-state index in [1.807, 2.05) is 7.05 Å². The Labute approximate surface area is 126 Å². The zero-order valence-electron chi connectivity index (χ0n) is 13.2. The number of rotatable bonds is 6. The second-order valence-electron chi connectivity index (χ2n) is 5.90. The van der Waals surface area contributed by atoms with Crippen LogP contribution in [0.15, 0.2) is 18.3 Å². The number of ether oxygens (including phenoxy) is 1. The van der Waals surface area contributed by atoms with Gasteiger partial charge in [0.05, 0.1) is 24.0 Å². The molecule has 5 heteroatoms. The van der Waals surface area contributed by atoms with Crippen LogP contribution < -0.4 is 5.32 Å². The monoisotopic (exact) mass is 295 g/mol. The van der Waals surface area contributed by atoms with Crippen molar-refractivity contribution in [2.24, 2.45) is 5.92 Å². The van der Waals surface area contributed by atoms with Gasteiger partial charge in [-0.2, -0.15) is 0 Å². The maximum atomic E-state index is 13.0. The lowest BCUT2D eigenvalue weighted by Gasteiger charge is -2.35. The Morgan fingerprint density at radius 2 is 2.33 bits per heavy atom. The highest BCUT2D eigenvalue weighted by molar-refractivity contribution is 5.11. The highest BCUT2D eigenvalue weighted by atomic mass is 19.1. The van der Waals surface area contributed by atoms with Crippen LogP contribution in [0.25, 0.3) is 0 Å². The zero-order chi connectivity index (χ0) is 15.2. The van der Waals surface area contributed by atoms with Gasteiger partial charge in [0.2, 0.25) is 0 Å². The maximum absolute atomic E-state index is 13.0. The summed E-state index contributed by atoms with van der Waals surface area (Å²) >= 11 is 0. The van der Waals surface area contributed by atoms with Crippen LogP contribution in [0.2, 0.25) is 0 Å². The number of aromatic nitrogens is 1. The Balaban J connectivity index is 1.96. The molecule has 0 aliphatic carbocycles. The molecule has 1 fully saturated rings. The van der Waals surface area contributed by atoms with E-state index in [1.54, 1.807) is 13.2 Å². The quantitative estimate of drug-likeness (QED) is 0.873. The second kappa shape index (κ2) is 7.82. The average molecular weight is 295 g/mol. The molecule has 0 radical (unpaired) electrons. The highest BCUT2D eigenvalue weighted by Crippen LogP contribution is 2.23. The van der Waals surface area contributed by atoms with Gasteiger partial charge in [0.1, 0.15) is 5.82 Å². The first kappa shape index (κ1) is 16.3. The fourth-order valence-electron chi connectivity index (χ4n) is 3.18. The van der Waals surface area contributed by atoms with Crippen molar-refractivity contribution in [2.45, 2.75) is 31.9 Å². The third-order valence-corrected chi connectivity index (χ3v) is 4.29. The molecule has 3 atom stereocenters. The van der Waals surface area contributed by atoms with E-state index < -0.39 is 0 Å². The minimum atomic E-state index is -0.291. The molecule has 0 amide bonds. The molecule has 1 aliphatic heterocycles. The van der Waals surface area contributed by atoms with E-state index in [9.17, 15) is 4.39 Å². The summed E-state index contributed by atoms with van der Waals surface area (Å²) in [5.74, 6) is 0.101. The van der Waals surface area contributed by atoms with E-state index in [0.717, 1.165) is 31.7 Å². The Hall–Kier alpha value is -1.04. The van der Waals surface area contributed by atoms with Crippen LogP contribution in [0, 0.1) is 11.7 Å². The topological polar surface area (TPSA) is 37.4 Å². The van der Waals surface area contributed by atoms with E-state index in [0.29, 0.717) is 12.0 Å². The predicted octanol–water partition coefficient (Wildman–Crippen LogP) is 2.23. The largest absolute Gasteiger partial charge is 0.380 e. The number of nitrogens with one attached hydrogen (secondary N) is 1. The molecule has 1 saturated heterocycles. The number of nitrogens with zero attached hydrogens (tertiary/aromatic N) is 2. The third kappa shape index (κ3) is 4.46. The van der Waals surface area contributed by atoms with Gasteiger partial charge in [0.15, 0.2) is 0 Å². The van der Waals surface area contributed by atoms with Gasteiger partial charge in [-0.05, 0) is 44.5 Å². The van der Waals surface area contributed by atoms with Gasteiger partial charge in [-0.15, -0.1) is 0 Å². The lowest BCUT2D eigenvalue weighted by atomic mass is 9.96. The molecular weight excluding hydrogens is 269 g/mol. The van der Waals surface area contributed by atoms with E-state index in [1.165, 1.54) is 18.7 Å². The maximum Gasteiger partial charge on any atom is 0.141 e. The second-order valence-corrected chi connectivity index (χ2v) is 5.90. The van der Waals surface area contributed by atoms with Crippen molar-refractivity contribution in [1.29, 1.82) is 0 Å². The molecule has 1 aromatic heterocycles. The normalized spacial score (nSPS) is 23.0. The summed E-state index contributed by atoms with van der Waals surface area (Å²) in [5.41, 5.74) is 0.895. The number of hydrogen-bond donors (Lipinski definition) is 1. The van der Waals surface area contributed by atoms with Crippen molar-refractivity contribution in [3.8, 4) is 0 Å². The number of hydrogen-bond acceptors (Lipinski definition) is 4. The number of likely N-dealkylation sites (tertiary alicyclic amines) is 1. The molecule has 2 rings (SSSR count). The lowest BCUT2D eigenvalue weighted by Crippen LogP contribution is -2.43. The van der Waals surface area contributed by atoms with Gasteiger partial charge in [-0.25, -0.2) is 4.39 Å². The Morgan fingerprint density at radius 3 is 2.95 bits per heavy atom. The molecule has 21 heavy (non-hydrogen) atoms. The molecule has 2 heterocycles. The van der Waals surface area contributed by atoms with Gasteiger partial charge in [0.25, 0.3) is 0 Å². The molecule has 0 saturated carbocycles. The Kier molecular flexibility index (Phi) is 6.08. The molecule has 1 aromatic rings. The van der Waals surface area contributed by atoms with Crippen molar-refractivity contribution in [2.75, 3.05) is 33.8 Å². The predicted molar refractivity (Wildman–Crippen MR) is 81.6 cm³/mol. The van der Waals surface area contributed by atoms with Crippen molar-refractivity contribution in [1.82, 2.24) is 15.2 Å². The summed E-state index contributed by atoms with van der Waals surface area (Å²) in [6.45, 7) is 5.32. The Morgan fingerprint density at radius 1 is 1.52 bits per heavy atom. The van der Waals surface area contributed by atoms with Gasteiger partial charge in [0, 0.05) is 20.2 Å². The van der Waals surface area contributed by atoms with Crippen molar-refractivity contribution >= 4 is 0 Å². The van der Waals surface area contributed by atoms with E-state index in [2.05, 4.69) is 22.1 Å². The first-order chi connectivity index (χ1) is 10.1. The number of halogens is 1. The average Bonchev–Trinajstić information content (AvgIpc) is 2.50. The number of methoxy groups -OCH3 is 1. The van der Waals surface area contributed by atoms with Gasteiger partial charge in [-0.3, -0.25) is 4.98 Å². The highest BCUT2D eigenvalue weighted by Gasteiger charge is 2.25. The SMILES string of the molecule is CNC(c1ccc(F)cn1)C(C)CN1CCCC(OC)C1. The molecule has 0 aromatic carbocycles. The van der Waals surface area contributed by atoms with Crippen LogP contribution in [0.5, 0.6) is 0 Å². The van der Waals surface area contributed by atoms with Crippen LogP contribution in [-0.4, -0.2) is 49.8 Å². The molecule has 4 nitrogen and oxygen atoms in total.